The van der Waals surface area contributed by atoms with Crippen LogP contribution in [-0.2, 0) is 6.42 Å². The van der Waals surface area contributed by atoms with E-state index in [0.717, 1.165) is 5.01 Å². The minimum absolute atomic E-state index is 0.0207. The highest BCUT2D eigenvalue weighted by Crippen LogP contribution is 2.20. The number of aromatic nitrogens is 2. The standard InChI is InChI=1S/C12H13N5O3S/c1-7-6-8(2-3-9(7)17(19)20)11(18)14-12-16-15-10(21-12)4-5-13/h2-3,6H,4-5,13H2,1H3,(H,14,16,18). The van der Waals surface area contributed by atoms with E-state index in [1.54, 1.807) is 6.92 Å². The van der Waals surface area contributed by atoms with E-state index in [1.165, 1.54) is 29.5 Å². The molecule has 0 aliphatic rings. The lowest BCUT2D eigenvalue weighted by Crippen LogP contribution is -2.12. The molecule has 0 atom stereocenters. The van der Waals surface area contributed by atoms with Gasteiger partial charge in [-0.3, -0.25) is 20.2 Å². The lowest BCUT2D eigenvalue weighted by molar-refractivity contribution is -0.385. The van der Waals surface area contributed by atoms with Gasteiger partial charge in [-0.15, -0.1) is 10.2 Å². The maximum absolute atomic E-state index is 12.0. The highest BCUT2D eigenvalue weighted by molar-refractivity contribution is 7.15. The van der Waals surface area contributed by atoms with Crippen LogP contribution in [0.2, 0.25) is 0 Å². The molecule has 0 aliphatic heterocycles. The quantitative estimate of drug-likeness (QED) is 0.637. The van der Waals surface area contributed by atoms with Gasteiger partial charge in [-0.1, -0.05) is 11.3 Å². The largest absolute Gasteiger partial charge is 0.330 e. The molecule has 0 aliphatic carbocycles. The molecule has 2 rings (SSSR count). The molecule has 0 saturated carbocycles. The second-order valence-corrected chi connectivity index (χ2v) is 5.31. The molecule has 2 aromatic rings. The number of carbonyl (C=O) groups is 1. The van der Waals surface area contributed by atoms with Crippen LogP contribution in [0.3, 0.4) is 0 Å². The number of nitro groups is 1. The number of aryl methyl sites for hydroxylation is 1. The van der Waals surface area contributed by atoms with E-state index in [2.05, 4.69) is 15.5 Å². The first-order chi connectivity index (χ1) is 10.0. The third-order valence-electron chi connectivity index (χ3n) is 2.70. The minimum Gasteiger partial charge on any atom is -0.330 e. The smallest absolute Gasteiger partial charge is 0.272 e. The summed E-state index contributed by atoms with van der Waals surface area (Å²) in [4.78, 5) is 22.3. The fourth-order valence-corrected chi connectivity index (χ4v) is 2.45. The zero-order valence-electron chi connectivity index (χ0n) is 11.2. The highest BCUT2D eigenvalue weighted by Gasteiger charge is 2.15. The number of amides is 1. The van der Waals surface area contributed by atoms with Crippen LogP contribution in [0.15, 0.2) is 18.2 Å². The number of nitrogens with two attached hydrogens (primary N) is 1. The van der Waals surface area contributed by atoms with Gasteiger partial charge in [0.1, 0.15) is 5.01 Å². The van der Waals surface area contributed by atoms with Crippen LogP contribution in [-0.4, -0.2) is 27.6 Å². The van der Waals surface area contributed by atoms with E-state index in [-0.39, 0.29) is 11.6 Å². The summed E-state index contributed by atoms with van der Waals surface area (Å²) < 4.78 is 0. The summed E-state index contributed by atoms with van der Waals surface area (Å²) in [6.45, 7) is 2.04. The molecule has 3 N–H and O–H groups in total. The molecule has 0 radical (unpaired) electrons. The van der Waals surface area contributed by atoms with Gasteiger partial charge in [-0.25, -0.2) is 0 Å². The molecule has 1 aromatic carbocycles. The highest BCUT2D eigenvalue weighted by atomic mass is 32.1. The van der Waals surface area contributed by atoms with Gasteiger partial charge in [0.05, 0.1) is 4.92 Å². The van der Waals surface area contributed by atoms with Crippen molar-refractivity contribution >= 4 is 28.1 Å². The third kappa shape index (κ3) is 3.58. The first kappa shape index (κ1) is 15.0. The predicted molar refractivity (Wildman–Crippen MR) is 78.5 cm³/mol. The van der Waals surface area contributed by atoms with Crippen molar-refractivity contribution in [2.45, 2.75) is 13.3 Å². The molecule has 1 aromatic heterocycles. The predicted octanol–water partition coefficient (Wildman–Crippen LogP) is 1.51. The van der Waals surface area contributed by atoms with Crippen LogP contribution in [0.4, 0.5) is 10.8 Å². The zero-order valence-corrected chi connectivity index (χ0v) is 12.0. The van der Waals surface area contributed by atoms with Crippen molar-refractivity contribution in [2.24, 2.45) is 5.73 Å². The van der Waals surface area contributed by atoms with Crippen molar-refractivity contribution in [1.29, 1.82) is 0 Å². The summed E-state index contributed by atoms with van der Waals surface area (Å²) in [7, 11) is 0. The van der Waals surface area contributed by atoms with Crippen molar-refractivity contribution in [1.82, 2.24) is 10.2 Å². The average Bonchev–Trinajstić information content (AvgIpc) is 2.86. The maximum atomic E-state index is 12.0. The van der Waals surface area contributed by atoms with E-state index in [4.69, 9.17) is 5.73 Å². The first-order valence-electron chi connectivity index (χ1n) is 6.10. The summed E-state index contributed by atoms with van der Waals surface area (Å²) in [6.07, 6.45) is 0.601. The number of hydrogen-bond donors (Lipinski definition) is 2. The van der Waals surface area contributed by atoms with Crippen LogP contribution < -0.4 is 11.1 Å². The second kappa shape index (κ2) is 6.37. The topological polar surface area (TPSA) is 124 Å². The molecule has 110 valence electrons. The number of hydrogen-bond acceptors (Lipinski definition) is 7. The molecule has 0 fully saturated rings. The van der Waals surface area contributed by atoms with Gasteiger partial charge in [0.15, 0.2) is 0 Å². The summed E-state index contributed by atoms with van der Waals surface area (Å²) in [5.41, 5.74) is 6.15. The van der Waals surface area contributed by atoms with Crippen molar-refractivity contribution < 1.29 is 9.72 Å². The lowest BCUT2D eigenvalue weighted by atomic mass is 10.1. The fourth-order valence-electron chi connectivity index (χ4n) is 1.70. The number of nitrogens with zero attached hydrogens (tertiary/aromatic N) is 3. The van der Waals surface area contributed by atoms with E-state index in [9.17, 15) is 14.9 Å². The summed E-state index contributed by atoms with van der Waals surface area (Å²) in [5.74, 6) is -0.386. The molecule has 8 nitrogen and oxygen atoms in total. The maximum Gasteiger partial charge on any atom is 0.272 e. The Morgan fingerprint density at radius 3 is 2.86 bits per heavy atom. The Morgan fingerprint density at radius 2 is 2.24 bits per heavy atom. The Bertz CT molecular complexity index is 685. The van der Waals surface area contributed by atoms with Gasteiger partial charge in [-0.2, -0.15) is 0 Å². The van der Waals surface area contributed by atoms with Crippen LogP contribution in [0, 0.1) is 17.0 Å². The molecule has 0 unspecified atom stereocenters. The number of anilines is 1. The second-order valence-electron chi connectivity index (χ2n) is 4.25. The number of rotatable bonds is 5. The molecular weight excluding hydrogens is 294 g/mol. The summed E-state index contributed by atoms with van der Waals surface area (Å²) in [6, 6.07) is 4.18. The molecule has 0 bridgehead atoms. The molecule has 1 amide bonds. The van der Waals surface area contributed by atoms with Crippen LogP contribution in [0.25, 0.3) is 0 Å². The minimum atomic E-state index is -0.485. The molecule has 21 heavy (non-hydrogen) atoms. The molecule has 1 heterocycles. The zero-order chi connectivity index (χ0) is 15.4. The van der Waals surface area contributed by atoms with Gasteiger partial charge in [0, 0.05) is 23.6 Å². The summed E-state index contributed by atoms with van der Waals surface area (Å²) in [5, 5.41) is 22.2. The lowest BCUT2D eigenvalue weighted by Gasteiger charge is -2.03. The third-order valence-corrected chi connectivity index (χ3v) is 3.60. The normalized spacial score (nSPS) is 10.4. The van der Waals surface area contributed by atoms with E-state index in [1.807, 2.05) is 0 Å². The van der Waals surface area contributed by atoms with Crippen LogP contribution >= 0.6 is 11.3 Å². The number of nitrogens with one attached hydrogen (secondary N) is 1. The van der Waals surface area contributed by atoms with E-state index >= 15 is 0 Å². The molecule has 0 spiro atoms. The number of benzene rings is 1. The molecule has 9 heteroatoms. The Labute approximate surface area is 124 Å². The van der Waals surface area contributed by atoms with E-state index < -0.39 is 4.92 Å². The Hall–Kier alpha value is -2.39. The van der Waals surface area contributed by atoms with Crippen molar-refractivity contribution in [3.05, 3.63) is 44.4 Å². The van der Waals surface area contributed by atoms with Crippen molar-refractivity contribution in [3.8, 4) is 0 Å². The average molecular weight is 307 g/mol. The Balaban J connectivity index is 2.12. The molecule has 0 saturated heterocycles. The number of nitro benzene ring substituents is 1. The Kier molecular flexibility index (Phi) is 4.55. The van der Waals surface area contributed by atoms with Crippen molar-refractivity contribution in [2.75, 3.05) is 11.9 Å². The fraction of sp³-hybridized carbons (Fsp3) is 0.250. The van der Waals surface area contributed by atoms with Gasteiger partial charge in [0.2, 0.25) is 5.13 Å². The van der Waals surface area contributed by atoms with Crippen LogP contribution in [0.1, 0.15) is 20.9 Å². The van der Waals surface area contributed by atoms with Crippen LogP contribution in [0.5, 0.6) is 0 Å². The van der Waals surface area contributed by atoms with Gasteiger partial charge < -0.3 is 5.73 Å². The van der Waals surface area contributed by atoms with Gasteiger partial charge >= 0.3 is 0 Å². The molecular formula is C12H13N5O3S. The first-order valence-corrected chi connectivity index (χ1v) is 6.91. The van der Waals surface area contributed by atoms with Gasteiger partial charge in [-0.05, 0) is 25.6 Å². The van der Waals surface area contributed by atoms with Gasteiger partial charge in [0.25, 0.3) is 11.6 Å². The monoisotopic (exact) mass is 307 g/mol. The number of carbonyl (C=O) groups excluding carboxylic acids is 1. The van der Waals surface area contributed by atoms with Crippen molar-refractivity contribution in [3.63, 3.8) is 0 Å². The SMILES string of the molecule is Cc1cc(C(=O)Nc2nnc(CCN)s2)ccc1[N+](=O)[O-]. The van der Waals surface area contributed by atoms with E-state index in [0.29, 0.717) is 29.2 Å². The summed E-state index contributed by atoms with van der Waals surface area (Å²) >= 11 is 1.25. The Morgan fingerprint density at radius 1 is 1.48 bits per heavy atom.